The second-order valence-corrected chi connectivity index (χ2v) is 5.21. The Morgan fingerprint density at radius 2 is 1.69 bits per heavy atom. The first kappa shape index (κ1) is 23.4. The molecule has 0 atom stereocenters. The van der Waals surface area contributed by atoms with Crippen molar-refractivity contribution in [3.05, 3.63) is 59.0 Å². The standard InChI is InChI=1S/C19H23FO4.C2H6/c1-7-8-12(2)18(20)13(3)9-14-10-15(19(21)24-6)17(23-5)11-16(14)22-4;1-2/h7-8,10-11H,1,9H2,2-6H3;1-2H3/b12-8-,18-13-;. The summed E-state index contributed by atoms with van der Waals surface area (Å²) < 4.78 is 29.7. The smallest absolute Gasteiger partial charge is 0.341 e. The zero-order valence-corrected chi connectivity index (χ0v) is 16.7. The van der Waals surface area contributed by atoms with Gasteiger partial charge in [-0.15, -0.1) is 0 Å². The molecule has 0 aromatic heterocycles. The summed E-state index contributed by atoms with van der Waals surface area (Å²) in [7, 11) is 4.25. The highest BCUT2D eigenvalue weighted by Crippen LogP contribution is 2.32. The SMILES string of the molecule is C=C/C=C(C)\C(F)=C(/C)Cc1cc(C(=O)OC)c(OC)cc1OC.CC. The van der Waals surface area contributed by atoms with E-state index in [4.69, 9.17) is 14.2 Å². The Labute approximate surface area is 156 Å². The summed E-state index contributed by atoms with van der Waals surface area (Å²) in [4.78, 5) is 11.9. The van der Waals surface area contributed by atoms with Crippen molar-refractivity contribution in [2.75, 3.05) is 21.3 Å². The molecule has 0 aliphatic carbocycles. The van der Waals surface area contributed by atoms with Crippen LogP contribution in [0.4, 0.5) is 4.39 Å². The first-order valence-corrected chi connectivity index (χ1v) is 8.37. The molecule has 1 aromatic rings. The Balaban J connectivity index is 0.00000301. The number of methoxy groups -OCH3 is 3. The molecular formula is C21H29FO4. The minimum atomic E-state index is -0.527. The number of hydrogen-bond acceptors (Lipinski definition) is 4. The lowest BCUT2D eigenvalue weighted by Gasteiger charge is -2.14. The molecule has 0 saturated carbocycles. The zero-order chi connectivity index (χ0) is 20.3. The van der Waals surface area contributed by atoms with Crippen molar-refractivity contribution in [3.63, 3.8) is 0 Å². The van der Waals surface area contributed by atoms with E-state index >= 15 is 0 Å². The average Bonchev–Trinajstić information content (AvgIpc) is 2.67. The molecule has 0 aliphatic rings. The predicted molar refractivity (Wildman–Crippen MR) is 104 cm³/mol. The monoisotopic (exact) mass is 364 g/mol. The fraction of sp³-hybridized carbons (Fsp3) is 0.381. The van der Waals surface area contributed by atoms with Gasteiger partial charge in [0.25, 0.3) is 0 Å². The third-order valence-electron chi connectivity index (χ3n) is 3.55. The summed E-state index contributed by atoms with van der Waals surface area (Å²) in [5.41, 5.74) is 1.94. The first-order valence-electron chi connectivity index (χ1n) is 8.37. The molecular weight excluding hydrogens is 335 g/mol. The molecule has 0 bridgehead atoms. The Bertz CT molecular complexity index is 687. The number of esters is 1. The number of hydrogen-bond donors (Lipinski definition) is 0. The zero-order valence-electron chi connectivity index (χ0n) is 16.7. The molecule has 0 amide bonds. The molecule has 0 saturated heterocycles. The van der Waals surface area contributed by atoms with Crippen molar-refractivity contribution in [2.24, 2.45) is 0 Å². The number of allylic oxidation sites excluding steroid dienone is 5. The summed E-state index contributed by atoms with van der Waals surface area (Å²) in [6.45, 7) is 10.9. The van der Waals surface area contributed by atoms with Gasteiger partial charge in [0.1, 0.15) is 22.9 Å². The van der Waals surface area contributed by atoms with E-state index in [2.05, 4.69) is 6.58 Å². The molecule has 4 nitrogen and oxygen atoms in total. The third kappa shape index (κ3) is 6.06. The highest BCUT2D eigenvalue weighted by Gasteiger charge is 2.18. The van der Waals surface area contributed by atoms with Gasteiger partial charge < -0.3 is 14.2 Å². The van der Waals surface area contributed by atoms with Crippen molar-refractivity contribution in [2.45, 2.75) is 34.1 Å². The van der Waals surface area contributed by atoms with Gasteiger partial charge in [0.15, 0.2) is 0 Å². The lowest BCUT2D eigenvalue weighted by Crippen LogP contribution is -2.07. The summed E-state index contributed by atoms with van der Waals surface area (Å²) in [6.07, 6.45) is 3.42. The second-order valence-electron chi connectivity index (χ2n) is 5.21. The number of benzene rings is 1. The largest absolute Gasteiger partial charge is 0.496 e. The highest BCUT2D eigenvalue weighted by atomic mass is 19.1. The van der Waals surface area contributed by atoms with Crippen LogP contribution in [0.3, 0.4) is 0 Å². The summed E-state index contributed by atoms with van der Waals surface area (Å²) in [5.74, 6) is 0.0114. The number of ether oxygens (including phenoxy) is 3. The van der Waals surface area contributed by atoms with E-state index in [1.807, 2.05) is 13.8 Å². The van der Waals surface area contributed by atoms with Crippen LogP contribution in [0, 0.1) is 0 Å². The van der Waals surface area contributed by atoms with Crippen LogP contribution in [0.5, 0.6) is 11.5 Å². The Kier molecular flexibility index (Phi) is 10.7. The Morgan fingerprint density at radius 1 is 1.12 bits per heavy atom. The maximum absolute atomic E-state index is 14.4. The van der Waals surface area contributed by atoms with E-state index in [9.17, 15) is 9.18 Å². The van der Waals surface area contributed by atoms with Crippen molar-refractivity contribution in [1.82, 2.24) is 0 Å². The maximum Gasteiger partial charge on any atom is 0.341 e. The first-order chi connectivity index (χ1) is 12.4. The van der Waals surface area contributed by atoms with E-state index in [1.54, 1.807) is 32.1 Å². The quantitative estimate of drug-likeness (QED) is 0.478. The van der Waals surface area contributed by atoms with Crippen LogP contribution in [0.2, 0.25) is 0 Å². The van der Waals surface area contributed by atoms with Gasteiger partial charge in [0.05, 0.1) is 21.3 Å². The van der Waals surface area contributed by atoms with Crippen LogP contribution in [-0.4, -0.2) is 27.3 Å². The molecule has 0 N–H and O–H groups in total. The molecule has 0 aliphatic heterocycles. The summed E-state index contributed by atoms with van der Waals surface area (Å²) >= 11 is 0. The van der Waals surface area contributed by atoms with Crippen LogP contribution >= 0.6 is 0 Å². The van der Waals surface area contributed by atoms with Crippen LogP contribution in [0.1, 0.15) is 43.6 Å². The van der Waals surface area contributed by atoms with Crippen molar-refractivity contribution < 1.29 is 23.4 Å². The summed E-state index contributed by atoms with van der Waals surface area (Å²) in [5, 5.41) is 0. The molecule has 0 radical (unpaired) electrons. The van der Waals surface area contributed by atoms with Gasteiger partial charge >= 0.3 is 5.97 Å². The number of rotatable bonds is 7. The highest BCUT2D eigenvalue weighted by molar-refractivity contribution is 5.93. The van der Waals surface area contributed by atoms with Gasteiger partial charge in [-0.2, -0.15) is 0 Å². The number of halogens is 1. The predicted octanol–water partition coefficient (Wildman–Crippen LogP) is 5.43. The van der Waals surface area contributed by atoms with E-state index in [1.165, 1.54) is 27.4 Å². The fourth-order valence-electron chi connectivity index (χ4n) is 2.32. The lowest BCUT2D eigenvalue weighted by atomic mass is 9.99. The molecule has 1 rings (SSSR count). The van der Waals surface area contributed by atoms with Crippen molar-refractivity contribution >= 4 is 5.97 Å². The van der Waals surface area contributed by atoms with E-state index in [0.29, 0.717) is 28.2 Å². The molecule has 26 heavy (non-hydrogen) atoms. The minimum absolute atomic E-state index is 0.266. The molecule has 144 valence electrons. The molecule has 0 fully saturated rings. The molecule has 0 spiro atoms. The van der Waals surface area contributed by atoms with Gasteiger partial charge in [-0.05, 0) is 43.0 Å². The van der Waals surface area contributed by atoms with Crippen LogP contribution < -0.4 is 9.47 Å². The van der Waals surface area contributed by atoms with E-state index in [0.717, 1.165) is 0 Å². The van der Waals surface area contributed by atoms with Crippen LogP contribution in [0.15, 0.2) is 47.8 Å². The minimum Gasteiger partial charge on any atom is -0.496 e. The fourth-order valence-corrected chi connectivity index (χ4v) is 2.32. The van der Waals surface area contributed by atoms with Gasteiger partial charge in [-0.1, -0.05) is 32.6 Å². The van der Waals surface area contributed by atoms with Crippen molar-refractivity contribution in [1.29, 1.82) is 0 Å². The molecule has 0 heterocycles. The van der Waals surface area contributed by atoms with Crippen LogP contribution in [-0.2, 0) is 11.2 Å². The normalized spacial score (nSPS) is 11.6. The topological polar surface area (TPSA) is 44.8 Å². The Morgan fingerprint density at radius 3 is 2.15 bits per heavy atom. The molecule has 5 heteroatoms. The second kappa shape index (κ2) is 11.9. The average molecular weight is 364 g/mol. The van der Waals surface area contributed by atoms with Crippen molar-refractivity contribution in [3.8, 4) is 11.5 Å². The van der Waals surface area contributed by atoms with Gasteiger partial charge in [0.2, 0.25) is 0 Å². The number of carbonyl (C=O) groups is 1. The van der Waals surface area contributed by atoms with Gasteiger partial charge in [-0.3, -0.25) is 0 Å². The third-order valence-corrected chi connectivity index (χ3v) is 3.55. The Hall–Kier alpha value is -2.56. The molecule has 1 aromatic carbocycles. The number of carbonyl (C=O) groups excluding carboxylic acids is 1. The maximum atomic E-state index is 14.4. The summed E-state index contributed by atoms with van der Waals surface area (Å²) in [6, 6.07) is 3.20. The van der Waals surface area contributed by atoms with Crippen LogP contribution in [0.25, 0.3) is 0 Å². The lowest BCUT2D eigenvalue weighted by molar-refractivity contribution is 0.0597. The van der Waals surface area contributed by atoms with E-state index in [-0.39, 0.29) is 17.8 Å². The molecule has 0 unspecified atom stereocenters. The van der Waals surface area contributed by atoms with Gasteiger partial charge in [-0.25, -0.2) is 9.18 Å². The van der Waals surface area contributed by atoms with E-state index < -0.39 is 5.97 Å². The van der Waals surface area contributed by atoms with Gasteiger partial charge in [0, 0.05) is 6.07 Å².